The van der Waals surface area contributed by atoms with E-state index >= 15 is 0 Å². The number of aliphatic hydroxyl groups excluding tert-OH is 1. The molecule has 0 fully saturated rings. The summed E-state index contributed by atoms with van der Waals surface area (Å²) in [5, 5.41) is 22.9. The van der Waals surface area contributed by atoms with Gasteiger partial charge in [-0.1, -0.05) is 48.9 Å². The van der Waals surface area contributed by atoms with E-state index in [0.29, 0.717) is 5.82 Å². The van der Waals surface area contributed by atoms with E-state index in [4.69, 9.17) is 15.5 Å². The number of amides is 1. The number of para-hydroxylation sites is 1. The molecular formula is C20H24N4O5. The molecule has 4 N–H and O–H groups in total. The maximum absolute atomic E-state index is 12.4. The van der Waals surface area contributed by atoms with E-state index in [9.17, 15) is 14.7 Å². The molecule has 0 atom stereocenters. The number of carbonyl (C=O) groups excluding carboxylic acids is 1. The van der Waals surface area contributed by atoms with Gasteiger partial charge in [-0.3, -0.25) is 4.79 Å². The van der Waals surface area contributed by atoms with Gasteiger partial charge in [-0.2, -0.15) is 4.98 Å². The summed E-state index contributed by atoms with van der Waals surface area (Å²) in [6.45, 7) is 1.94. The van der Waals surface area contributed by atoms with Crippen molar-refractivity contribution < 1.29 is 24.3 Å². The van der Waals surface area contributed by atoms with Gasteiger partial charge >= 0.3 is 5.97 Å². The minimum absolute atomic E-state index is 0.0351. The van der Waals surface area contributed by atoms with E-state index < -0.39 is 11.9 Å². The molecule has 0 bridgehead atoms. The molecule has 2 rings (SSSR count). The lowest BCUT2D eigenvalue weighted by molar-refractivity contribution is -0.118. The van der Waals surface area contributed by atoms with Crippen LogP contribution in [0.25, 0.3) is 5.57 Å². The SMILES string of the molecule is CCC/C=C(\C=C/CO)c1noc(CCC(=O)N(N)c2ccccc2C(=O)O)n1. The quantitative estimate of drug-likeness (QED) is 0.239. The van der Waals surface area contributed by atoms with Gasteiger partial charge in [-0.25, -0.2) is 15.6 Å². The number of aliphatic hydroxyl groups is 1. The summed E-state index contributed by atoms with van der Waals surface area (Å²) in [6.07, 6.45) is 7.11. The Balaban J connectivity index is 2.06. The number of carbonyl (C=O) groups is 2. The van der Waals surface area contributed by atoms with E-state index in [-0.39, 0.29) is 36.6 Å². The van der Waals surface area contributed by atoms with Gasteiger partial charge in [0.1, 0.15) is 0 Å². The number of hydrazine groups is 1. The summed E-state index contributed by atoms with van der Waals surface area (Å²) in [4.78, 5) is 28.0. The van der Waals surface area contributed by atoms with Crippen molar-refractivity contribution in [1.82, 2.24) is 10.1 Å². The van der Waals surface area contributed by atoms with Crippen molar-refractivity contribution in [2.75, 3.05) is 11.6 Å². The maximum atomic E-state index is 12.4. The van der Waals surface area contributed by atoms with Crippen LogP contribution in [0.5, 0.6) is 0 Å². The average Bonchev–Trinajstić information content (AvgIpc) is 3.20. The van der Waals surface area contributed by atoms with Crippen molar-refractivity contribution in [3.05, 3.63) is 59.8 Å². The fourth-order valence-electron chi connectivity index (χ4n) is 2.52. The standard InChI is InChI=1S/C20H24N4O5/c1-2-3-7-14(8-6-13-25)19-22-17(29-23-19)11-12-18(26)24(21)16-10-5-4-9-15(16)20(27)28/h4-10,25H,2-3,11-13,21H2,1H3,(H,27,28)/b8-6-,14-7+. The number of nitrogens with two attached hydrogens (primary N) is 1. The molecule has 0 aliphatic carbocycles. The zero-order valence-electron chi connectivity index (χ0n) is 16.1. The lowest BCUT2D eigenvalue weighted by atomic mass is 10.1. The first-order valence-corrected chi connectivity index (χ1v) is 9.18. The number of anilines is 1. The monoisotopic (exact) mass is 400 g/mol. The number of carboxylic acids is 1. The van der Waals surface area contributed by atoms with Crippen molar-refractivity contribution >= 4 is 23.1 Å². The van der Waals surface area contributed by atoms with Gasteiger partial charge in [0.2, 0.25) is 17.6 Å². The smallest absolute Gasteiger partial charge is 0.337 e. The predicted octanol–water partition coefficient (Wildman–Crippen LogP) is 2.34. The highest BCUT2D eigenvalue weighted by atomic mass is 16.5. The second-order valence-electron chi connectivity index (χ2n) is 6.13. The summed E-state index contributed by atoms with van der Waals surface area (Å²) in [6, 6.07) is 5.99. The summed E-state index contributed by atoms with van der Waals surface area (Å²) >= 11 is 0. The number of benzene rings is 1. The molecule has 0 radical (unpaired) electrons. The first kappa shape index (κ1) is 22.0. The molecule has 9 nitrogen and oxygen atoms in total. The Labute approximate surface area is 168 Å². The van der Waals surface area contributed by atoms with Gasteiger partial charge in [0.05, 0.1) is 17.9 Å². The number of aromatic carboxylic acids is 1. The lowest BCUT2D eigenvalue weighted by Crippen LogP contribution is -2.38. The summed E-state index contributed by atoms with van der Waals surface area (Å²) in [5.74, 6) is 4.78. The molecule has 9 heteroatoms. The lowest BCUT2D eigenvalue weighted by Gasteiger charge is -2.18. The highest BCUT2D eigenvalue weighted by Crippen LogP contribution is 2.19. The topological polar surface area (TPSA) is 143 Å². The molecule has 0 spiro atoms. The summed E-state index contributed by atoms with van der Waals surface area (Å²) < 4.78 is 5.20. The van der Waals surface area contributed by atoms with Crippen LogP contribution in [0.15, 0.2) is 47.0 Å². The second-order valence-corrected chi connectivity index (χ2v) is 6.13. The molecule has 0 aliphatic rings. The van der Waals surface area contributed by atoms with Crippen LogP contribution in [0, 0.1) is 0 Å². The van der Waals surface area contributed by atoms with E-state index in [1.807, 2.05) is 13.0 Å². The maximum Gasteiger partial charge on any atom is 0.337 e. The number of rotatable bonds is 10. The number of hydrogen-bond donors (Lipinski definition) is 3. The third-order valence-corrected chi connectivity index (χ3v) is 4.00. The molecule has 0 saturated heterocycles. The summed E-state index contributed by atoms with van der Waals surface area (Å²) in [5.41, 5.74) is 0.762. The molecule has 1 aromatic carbocycles. The average molecular weight is 400 g/mol. The van der Waals surface area contributed by atoms with Crippen LogP contribution in [-0.4, -0.2) is 38.8 Å². The number of aromatic nitrogens is 2. The largest absolute Gasteiger partial charge is 0.478 e. The van der Waals surface area contributed by atoms with Crippen molar-refractivity contribution in [3.8, 4) is 0 Å². The Morgan fingerprint density at radius 3 is 2.76 bits per heavy atom. The molecule has 0 unspecified atom stereocenters. The van der Waals surface area contributed by atoms with Crippen LogP contribution in [0.3, 0.4) is 0 Å². The third-order valence-electron chi connectivity index (χ3n) is 4.00. The Kier molecular flexibility index (Phi) is 8.26. The first-order valence-electron chi connectivity index (χ1n) is 9.18. The molecule has 1 amide bonds. The minimum atomic E-state index is -1.17. The second kappa shape index (κ2) is 10.9. The van der Waals surface area contributed by atoms with Crippen molar-refractivity contribution in [1.29, 1.82) is 0 Å². The molecule has 0 aliphatic heterocycles. The fourth-order valence-corrected chi connectivity index (χ4v) is 2.52. The zero-order valence-corrected chi connectivity index (χ0v) is 16.1. The molecular weight excluding hydrogens is 376 g/mol. The molecule has 1 aromatic heterocycles. The van der Waals surface area contributed by atoms with Crippen molar-refractivity contribution in [3.63, 3.8) is 0 Å². The first-order chi connectivity index (χ1) is 14.0. The number of carboxylic acid groups (broad SMARTS) is 1. The van der Waals surface area contributed by atoms with Crippen molar-refractivity contribution in [2.24, 2.45) is 5.84 Å². The molecule has 154 valence electrons. The zero-order chi connectivity index (χ0) is 21.2. The van der Waals surface area contributed by atoms with Gasteiger partial charge in [0.15, 0.2) is 0 Å². The van der Waals surface area contributed by atoms with E-state index in [1.54, 1.807) is 24.3 Å². The number of unbranched alkanes of at least 4 members (excludes halogenated alkanes) is 1. The van der Waals surface area contributed by atoms with E-state index in [2.05, 4.69) is 10.1 Å². The van der Waals surface area contributed by atoms with Crippen LogP contribution >= 0.6 is 0 Å². The number of aryl methyl sites for hydroxylation is 1. The van der Waals surface area contributed by atoms with E-state index in [0.717, 1.165) is 23.4 Å². The van der Waals surface area contributed by atoms with Gasteiger partial charge in [0, 0.05) is 18.4 Å². The molecule has 29 heavy (non-hydrogen) atoms. The Bertz CT molecular complexity index is 904. The van der Waals surface area contributed by atoms with Crippen molar-refractivity contribution in [2.45, 2.75) is 32.6 Å². The van der Waals surface area contributed by atoms with Crippen LogP contribution in [0.4, 0.5) is 5.69 Å². The number of allylic oxidation sites excluding steroid dienone is 3. The predicted molar refractivity (Wildman–Crippen MR) is 107 cm³/mol. The number of hydrogen-bond acceptors (Lipinski definition) is 7. The Morgan fingerprint density at radius 1 is 1.31 bits per heavy atom. The van der Waals surface area contributed by atoms with Gasteiger partial charge < -0.3 is 14.7 Å². The van der Waals surface area contributed by atoms with Gasteiger partial charge in [-0.15, -0.1) is 0 Å². The summed E-state index contributed by atoms with van der Waals surface area (Å²) in [7, 11) is 0. The van der Waals surface area contributed by atoms with Crippen LogP contribution in [-0.2, 0) is 11.2 Å². The van der Waals surface area contributed by atoms with Gasteiger partial charge in [0.25, 0.3) is 0 Å². The van der Waals surface area contributed by atoms with E-state index in [1.165, 1.54) is 12.1 Å². The Hall–Kier alpha value is -3.30. The molecule has 2 aromatic rings. The highest BCUT2D eigenvalue weighted by Gasteiger charge is 2.19. The van der Waals surface area contributed by atoms with Crippen LogP contribution < -0.4 is 10.9 Å². The molecule has 0 saturated carbocycles. The number of nitrogens with zero attached hydrogens (tertiary/aromatic N) is 3. The van der Waals surface area contributed by atoms with Crippen LogP contribution in [0.1, 0.15) is 48.3 Å². The highest BCUT2D eigenvalue weighted by molar-refractivity contribution is 6.01. The normalized spacial score (nSPS) is 11.8. The van der Waals surface area contributed by atoms with Gasteiger partial charge in [-0.05, 0) is 18.6 Å². The molecule has 1 heterocycles. The Morgan fingerprint density at radius 2 is 2.07 bits per heavy atom. The third kappa shape index (κ3) is 6.09. The van der Waals surface area contributed by atoms with Crippen LogP contribution in [0.2, 0.25) is 0 Å². The fraction of sp³-hybridized carbons (Fsp3) is 0.300. The minimum Gasteiger partial charge on any atom is -0.478 e.